The lowest BCUT2D eigenvalue weighted by atomic mass is 10.1. The fourth-order valence-electron chi connectivity index (χ4n) is 2.66. The first-order valence-corrected chi connectivity index (χ1v) is 8.58. The average Bonchev–Trinajstić information content (AvgIpc) is 3.22. The maximum absolute atomic E-state index is 12.7. The van der Waals surface area contributed by atoms with Gasteiger partial charge in [-0.2, -0.15) is 4.31 Å². The van der Waals surface area contributed by atoms with Crippen LogP contribution in [0, 0.1) is 19.3 Å². The maximum Gasteiger partial charge on any atom is 0.244 e. The molecule has 0 saturated carbocycles. The molecule has 1 aliphatic rings. The summed E-state index contributed by atoms with van der Waals surface area (Å²) in [5.41, 5.74) is 2.12. The van der Waals surface area contributed by atoms with Crippen LogP contribution in [0.5, 0.6) is 0 Å². The van der Waals surface area contributed by atoms with Crippen molar-refractivity contribution in [3.63, 3.8) is 0 Å². The van der Waals surface area contributed by atoms with Crippen LogP contribution in [0.1, 0.15) is 11.1 Å². The molecule has 3 rings (SSSR count). The fourth-order valence-corrected chi connectivity index (χ4v) is 4.37. The van der Waals surface area contributed by atoms with E-state index in [-0.39, 0.29) is 12.1 Å². The van der Waals surface area contributed by atoms with Crippen molar-refractivity contribution in [1.29, 1.82) is 0 Å². The summed E-state index contributed by atoms with van der Waals surface area (Å²) in [6, 6.07) is 16.2. The standard InChI is InChI=1S/C18H17NO2S/c1-3-17-18(13-15-7-5-4-6-8-15)19(17)22(20,21)16-11-9-14(2)10-12-16/h1,4-12,17-18H,13H2,2H3/t17-,18-,19?/m0/s1. The molecule has 2 aromatic carbocycles. The van der Waals surface area contributed by atoms with Gasteiger partial charge < -0.3 is 0 Å². The molecule has 3 nitrogen and oxygen atoms in total. The van der Waals surface area contributed by atoms with Crippen LogP contribution >= 0.6 is 0 Å². The summed E-state index contributed by atoms with van der Waals surface area (Å²) < 4.78 is 26.8. The number of hydrogen-bond acceptors (Lipinski definition) is 2. The molecule has 1 saturated heterocycles. The fraction of sp³-hybridized carbons (Fsp3) is 0.222. The van der Waals surface area contributed by atoms with E-state index in [1.807, 2.05) is 37.3 Å². The molecule has 0 radical (unpaired) electrons. The molecule has 22 heavy (non-hydrogen) atoms. The van der Waals surface area contributed by atoms with Gasteiger partial charge in [0.05, 0.1) is 10.9 Å². The smallest absolute Gasteiger partial charge is 0.207 e. The number of terminal acetylenes is 1. The first-order valence-electron chi connectivity index (χ1n) is 7.14. The number of sulfonamides is 1. The Bertz CT molecular complexity index is 804. The van der Waals surface area contributed by atoms with Gasteiger partial charge in [-0.1, -0.05) is 53.9 Å². The summed E-state index contributed by atoms with van der Waals surface area (Å²) in [5, 5.41) is 0. The van der Waals surface area contributed by atoms with Gasteiger partial charge in [0.25, 0.3) is 0 Å². The van der Waals surface area contributed by atoms with Gasteiger partial charge >= 0.3 is 0 Å². The average molecular weight is 311 g/mol. The highest BCUT2D eigenvalue weighted by atomic mass is 32.2. The van der Waals surface area contributed by atoms with Crippen LogP contribution in [0.2, 0.25) is 0 Å². The molecule has 0 aromatic heterocycles. The highest BCUT2D eigenvalue weighted by molar-refractivity contribution is 7.89. The Labute approximate surface area is 131 Å². The molecule has 0 N–H and O–H groups in total. The van der Waals surface area contributed by atoms with Crippen LogP contribution in [0.4, 0.5) is 0 Å². The number of rotatable bonds is 4. The quantitative estimate of drug-likeness (QED) is 0.643. The number of hydrogen-bond donors (Lipinski definition) is 0. The van der Waals surface area contributed by atoms with Gasteiger partial charge in [-0.05, 0) is 31.0 Å². The van der Waals surface area contributed by atoms with Crippen LogP contribution in [0.3, 0.4) is 0 Å². The van der Waals surface area contributed by atoms with Crippen molar-refractivity contribution in [3.05, 3.63) is 65.7 Å². The summed E-state index contributed by atoms with van der Waals surface area (Å²) >= 11 is 0. The minimum absolute atomic E-state index is 0.154. The second kappa shape index (κ2) is 5.60. The Hall–Kier alpha value is -2.09. The molecule has 0 aliphatic carbocycles. The predicted octanol–water partition coefficient (Wildman–Crippen LogP) is 2.61. The van der Waals surface area contributed by atoms with Crippen molar-refractivity contribution < 1.29 is 8.42 Å². The summed E-state index contributed by atoms with van der Waals surface area (Å²) in [7, 11) is -3.52. The zero-order chi connectivity index (χ0) is 15.7. The topological polar surface area (TPSA) is 37.1 Å². The minimum Gasteiger partial charge on any atom is -0.207 e. The van der Waals surface area contributed by atoms with Crippen molar-refractivity contribution in [1.82, 2.24) is 4.31 Å². The first kappa shape index (κ1) is 14.8. The Morgan fingerprint density at radius 3 is 2.32 bits per heavy atom. The molecule has 1 aliphatic heterocycles. The summed E-state index contributed by atoms with van der Waals surface area (Å²) in [4.78, 5) is 0.300. The number of benzene rings is 2. The lowest BCUT2D eigenvalue weighted by Gasteiger charge is -2.06. The van der Waals surface area contributed by atoms with E-state index in [9.17, 15) is 8.42 Å². The van der Waals surface area contributed by atoms with Gasteiger partial charge in [-0.3, -0.25) is 0 Å². The Morgan fingerprint density at radius 2 is 1.73 bits per heavy atom. The predicted molar refractivity (Wildman–Crippen MR) is 86.8 cm³/mol. The molecule has 1 unspecified atom stereocenters. The molecule has 1 heterocycles. The van der Waals surface area contributed by atoms with E-state index in [1.54, 1.807) is 24.3 Å². The summed E-state index contributed by atoms with van der Waals surface area (Å²) in [5.74, 6) is 2.59. The van der Waals surface area contributed by atoms with Crippen molar-refractivity contribution in [3.8, 4) is 12.3 Å². The van der Waals surface area contributed by atoms with Crippen LogP contribution in [0.15, 0.2) is 59.5 Å². The van der Waals surface area contributed by atoms with Gasteiger partial charge in [0.1, 0.15) is 6.04 Å². The van der Waals surface area contributed by atoms with Crippen molar-refractivity contribution in [2.75, 3.05) is 0 Å². The van der Waals surface area contributed by atoms with Gasteiger partial charge in [0.15, 0.2) is 0 Å². The van der Waals surface area contributed by atoms with E-state index < -0.39 is 10.0 Å². The lowest BCUT2D eigenvalue weighted by molar-refractivity contribution is 0.549. The van der Waals surface area contributed by atoms with E-state index in [4.69, 9.17) is 6.42 Å². The molecular weight excluding hydrogens is 294 g/mol. The van der Waals surface area contributed by atoms with Gasteiger partial charge in [0.2, 0.25) is 10.0 Å². The molecule has 2 aromatic rings. The van der Waals surface area contributed by atoms with E-state index in [0.29, 0.717) is 11.3 Å². The van der Waals surface area contributed by atoms with Crippen molar-refractivity contribution in [2.24, 2.45) is 0 Å². The maximum atomic E-state index is 12.7. The molecule has 4 heteroatoms. The highest BCUT2D eigenvalue weighted by Crippen LogP contribution is 2.37. The lowest BCUT2D eigenvalue weighted by Crippen LogP contribution is -2.16. The molecular formula is C18H17NO2S. The molecule has 0 spiro atoms. The van der Waals surface area contributed by atoms with E-state index in [0.717, 1.165) is 11.1 Å². The molecule has 3 atom stereocenters. The molecule has 1 fully saturated rings. The third-order valence-electron chi connectivity index (χ3n) is 3.93. The SMILES string of the molecule is C#C[C@H]1[C@H](Cc2ccccc2)N1S(=O)(=O)c1ccc(C)cc1. The van der Waals surface area contributed by atoms with Gasteiger partial charge in [0, 0.05) is 0 Å². The normalized spacial score (nSPS) is 23.7. The zero-order valence-corrected chi connectivity index (χ0v) is 13.1. The monoisotopic (exact) mass is 311 g/mol. The highest BCUT2D eigenvalue weighted by Gasteiger charge is 2.54. The van der Waals surface area contributed by atoms with Crippen molar-refractivity contribution >= 4 is 10.0 Å². The van der Waals surface area contributed by atoms with E-state index in [1.165, 1.54) is 4.31 Å². The summed E-state index contributed by atoms with van der Waals surface area (Å²) in [6.07, 6.45) is 6.15. The zero-order valence-electron chi connectivity index (χ0n) is 12.3. The Morgan fingerprint density at radius 1 is 1.09 bits per heavy atom. The van der Waals surface area contributed by atoms with Crippen LogP contribution in [-0.2, 0) is 16.4 Å². The van der Waals surface area contributed by atoms with E-state index >= 15 is 0 Å². The minimum atomic E-state index is -3.52. The van der Waals surface area contributed by atoms with Crippen LogP contribution in [0.25, 0.3) is 0 Å². The van der Waals surface area contributed by atoms with Crippen LogP contribution in [-0.4, -0.2) is 24.8 Å². The van der Waals surface area contributed by atoms with Gasteiger partial charge in [-0.15, -0.1) is 6.42 Å². The molecule has 0 bridgehead atoms. The number of aryl methyl sites for hydroxylation is 1. The third kappa shape index (κ3) is 2.66. The Balaban J connectivity index is 1.85. The second-order valence-corrected chi connectivity index (χ2v) is 7.36. The summed E-state index contributed by atoms with van der Waals surface area (Å²) in [6.45, 7) is 1.93. The first-order chi connectivity index (χ1) is 10.5. The number of nitrogens with zero attached hydrogens (tertiary/aromatic N) is 1. The van der Waals surface area contributed by atoms with Crippen molar-refractivity contribution in [2.45, 2.75) is 30.3 Å². The third-order valence-corrected chi connectivity index (χ3v) is 5.85. The van der Waals surface area contributed by atoms with Crippen LogP contribution < -0.4 is 0 Å². The largest absolute Gasteiger partial charge is 0.244 e. The Kier molecular flexibility index (Phi) is 3.78. The molecule has 0 amide bonds. The second-order valence-electron chi connectivity index (χ2n) is 5.52. The molecule has 112 valence electrons. The van der Waals surface area contributed by atoms with E-state index in [2.05, 4.69) is 5.92 Å². The van der Waals surface area contributed by atoms with Gasteiger partial charge in [-0.25, -0.2) is 8.42 Å².